The Morgan fingerprint density at radius 3 is 2.36 bits per heavy atom. The van der Waals surface area contributed by atoms with Crippen LogP contribution in [0.15, 0.2) is 24.3 Å². The van der Waals surface area contributed by atoms with E-state index in [1.54, 1.807) is 37.8 Å². The van der Waals surface area contributed by atoms with Crippen molar-refractivity contribution in [3.8, 4) is 5.75 Å². The molecule has 1 aromatic heterocycles. The summed E-state index contributed by atoms with van der Waals surface area (Å²) in [5.74, 6) is -2.65. The second kappa shape index (κ2) is 15.3. The van der Waals surface area contributed by atoms with Crippen LogP contribution in [-0.2, 0) is 23.9 Å². The van der Waals surface area contributed by atoms with Crippen molar-refractivity contribution in [2.24, 2.45) is 0 Å². The van der Waals surface area contributed by atoms with E-state index >= 15 is 0 Å². The number of carboxylic acids is 1. The number of aliphatic carboxylic acids is 1. The van der Waals surface area contributed by atoms with Crippen LogP contribution in [-0.4, -0.2) is 124 Å². The Bertz CT molecular complexity index is 1650. The maximum absolute atomic E-state index is 13.9. The van der Waals surface area contributed by atoms with Crippen LogP contribution in [0.1, 0.15) is 75.3 Å². The number of ether oxygens (including phenoxy) is 2. The Morgan fingerprint density at radius 2 is 1.70 bits per heavy atom. The van der Waals surface area contributed by atoms with Crippen LogP contribution in [0, 0.1) is 6.92 Å². The SMILES string of the molecule is CCOC(=O)N1CCN(C(=O)C(CCC(=O)O)NC(=O)c2cc(OC(C)(C)C(=O)N3CCCC3C(=O)NC3CC3)c3ccc(C)cc3n2)CC1. The zero-order valence-corrected chi connectivity index (χ0v) is 29.0. The fraction of sp³-hybridized carbons (Fsp3) is 0.571. The quantitative estimate of drug-likeness (QED) is 0.297. The third-order valence-corrected chi connectivity index (χ3v) is 9.15. The van der Waals surface area contributed by atoms with Crippen molar-refractivity contribution < 1.29 is 43.3 Å². The number of likely N-dealkylation sites (tertiary alicyclic amines) is 1. The van der Waals surface area contributed by atoms with Crippen molar-refractivity contribution >= 4 is 46.6 Å². The predicted molar refractivity (Wildman–Crippen MR) is 180 cm³/mol. The van der Waals surface area contributed by atoms with Gasteiger partial charge >= 0.3 is 12.1 Å². The fourth-order valence-electron chi connectivity index (χ4n) is 6.28. The molecule has 0 spiro atoms. The van der Waals surface area contributed by atoms with Crippen LogP contribution in [0.25, 0.3) is 10.9 Å². The highest BCUT2D eigenvalue weighted by Crippen LogP contribution is 2.32. The van der Waals surface area contributed by atoms with Crippen molar-refractivity contribution in [2.75, 3.05) is 39.3 Å². The number of nitrogens with zero attached hydrogens (tertiary/aromatic N) is 4. The minimum Gasteiger partial charge on any atom is -0.481 e. The minimum atomic E-state index is -1.43. The molecule has 15 heteroatoms. The van der Waals surface area contributed by atoms with E-state index < -0.39 is 41.6 Å². The first kappa shape index (κ1) is 36.3. The summed E-state index contributed by atoms with van der Waals surface area (Å²) in [4.78, 5) is 86.9. The summed E-state index contributed by atoms with van der Waals surface area (Å²) in [6, 6.07) is 5.21. The first-order chi connectivity index (χ1) is 23.8. The largest absolute Gasteiger partial charge is 0.481 e. The number of amides is 5. The van der Waals surface area contributed by atoms with E-state index in [0.29, 0.717) is 30.3 Å². The molecule has 15 nitrogen and oxygen atoms in total. The van der Waals surface area contributed by atoms with Crippen molar-refractivity contribution in [3.05, 3.63) is 35.5 Å². The second-order valence-electron chi connectivity index (χ2n) is 13.5. The molecular weight excluding hydrogens is 648 g/mol. The molecule has 0 radical (unpaired) electrons. The topological polar surface area (TPSA) is 188 Å². The molecule has 2 aliphatic heterocycles. The number of pyridine rings is 1. The van der Waals surface area contributed by atoms with E-state index in [1.807, 2.05) is 13.0 Å². The van der Waals surface area contributed by atoms with Crippen molar-refractivity contribution in [2.45, 2.75) is 89.9 Å². The molecule has 1 aliphatic carbocycles. The van der Waals surface area contributed by atoms with Gasteiger partial charge in [-0.1, -0.05) is 6.07 Å². The van der Waals surface area contributed by atoms with Crippen LogP contribution >= 0.6 is 0 Å². The van der Waals surface area contributed by atoms with Gasteiger partial charge in [0.15, 0.2) is 5.60 Å². The van der Waals surface area contributed by atoms with Gasteiger partial charge in [0.05, 0.1) is 12.1 Å². The standard InChI is InChI=1S/C35H46N6O9/c1-5-49-34(48)40-17-15-39(16-18-40)32(46)24(12-13-29(42)43)38-30(44)26-20-28(23-11-8-21(2)19-25(23)37-26)50-35(3,4)33(47)41-14-6-7-27(41)31(45)36-22-9-10-22/h8,11,19-20,22,24,27H,5-7,9-10,12-18H2,1-4H3,(H,36,45)(H,38,44)(H,42,43). The van der Waals surface area contributed by atoms with Crippen molar-refractivity contribution in [1.82, 2.24) is 30.3 Å². The predicted octanol–water partition coefficient (Wildman–Crippen LogP) is 2.23. The Hall–Kier alpha value is -4.95. The first-order valence-corrected chi connectivity index (χ1v) is 17.2. The smallest absolute Gasteiger partial charge is 0.409 e. The monoisotopic (exact) mass is 694 g/mol. The number of nitrogens with one attached hydrogen (secondary N) is 2. The number of aromatic nitrogens is 1. The summed E-state index contributed by atoms with van der Waals surface area (Å²) in [6.07, 6.45) is 2.11. The molecule has 2 atom stereocenters. The number of piperazine rings is 1. The van der Waals surface area contributed by atoms with Gasteiger partial charge in [-0.25, -0.2) is 9.78 Å². The summed E-state index contributed by atoms with van der Waals surface area (Å²) in [7, 11) is 0. The number of aryl methyl sites for hydroxylation is 1. The number of carboxylic acid groups (broad SMARTS) is 1. The number of benzene rings is 1. The molecule has 50 heavy (non-hydrogen) atoms. The molecule has 5 rings (SSSR count). The zero-order chi connectivity index (χ0) is 36.2. The van der Waals surface area contributed by atoms with Gasteiger partial charge in [0, 0.05) is 56.6 Å². The Labute approximate surface area is 290 Å². The van der Waals surface area contributed by atoms with Gasteiger partial charge in [0.2, 0.25) is 11.8 Å². The Balaban J connectivity index is 1.36. The lowest BCUT2D eigenvalue weighted by Gasteiger charge is -2.36. The maximum Gasteiger partial charge on any atom is 0.409 e. The number of hydrogen-bond donors (Lipinski definition) is 3. The number of hydrogen-bond acceptors (Lipinski definition) is 9. The van der Waals surface area contributed by atoms with Crippen LogP contribution in [0.5, 0.6) is 5.75 Å². The van der Waals surface area contributed by atoms with Gasteiger partial charge in [-0.3, -0.25) is 24.0 Å². The lowest BCUT2D eigenvalue weighted by Crippen LogP contribution is -2.56. The molecule has 3 heterocycles. The van der Waals surface area contributed by atoms with Crippen LogP contribution < -0.4 is 15.4 Å². The third-order valence-electron chi connectivity index (χ3n) is 9.15. The molecule has 2 saturated heterocycles. The van der Waals surface area contributed by atoms with Gasteiger partial charge in [0.1, 0.15) is 23.5 Å². The van der Waals surface area contributed by atoms with Gasteiger partial charge < -0.3 is 39.9 Å². The van der Waals surface area contributed by atoms with E-state index in [4.69, 9.17) is 9.47 Å². The van der Waals surface area contributed by atoms with Crippen molar-refractivity contribution in [3.63, 3.8) is 0 Å². The van der Waals surface area contributed by atoms with Gasteiger partial charge in [0.25, 0.3) is 11.8 Å². The maximum atomic E-state index is 13.9. The zero-order valence-electron chi connectivity index (χ0n) is 29.0. The fourth-order valence-corrected chi connectivity index (χ4v) is 6.28. The average molecular weight is 695 g/mol. The van der Waals surface area contributed by atoms with E-state index in [0.717, 1.165) is 18.4 Å². The van der Waals surface area contributed by atoms with Crippen LogP contribution in [0.4, 0.5) is 4.79 Å². The molecule has 3 fully saturated rings. The molecular formula is C35H46N6O9. The Kier molecular flexibility index (Phi) is 11.1. The van der Waals surface area contributed by atoms with Crippen molar-refractivity contribution in [1.29, 1.82) is 0 Å². The van der Waals surface area contributed by atoms with E-state index in [1.165, 1.54) is 15.9 Å². The molecule has 3 aliphatic rings. The highest BCUT2D eigenvalue weighted by Gasteiger charge is 2.43. The van der Waals surface area contributed by atoms with E-state index in [2.05, 4.69) is 15.6 Å². The van der Waals surface area contributed by atoms with Gasteiger partial charge in [-0.05, 0) is 77.5 Å². The van der Waals surface area contributed by atoms with Crippen LogP contribution in [0.3, 0.4) is 0 Å². The normalized spacial score (nSPS) is 18.4. The molecule has 2 unspecified atom stereocenters. The molecule has 2 aromatic rings. The van der Waals surface area contributed by atoms with E-state index in [9.17, 15) is 33.9 Å². The summed E-state index contributed by atoms with van der Waals surface area (Å²) in [6.45, 7) is 8.28. The van der Waals surface area contributed by atoms with Gasteiger partial charge in [-0.2, -0.15) is 0 Å². The third kappa shape index (κ3) is 8.61. The second-order valence-corrected chi connectivity index (χ2v) is 13.5. The molecule has 0 bridgehead atoms. The summed E-state index contributed by atoms with van der Waals surface area (Å²) >= 11 is 0. The number of carbonyl (C=O) groups excluding carboxylic acids is 5. The summed E-state index contributed by atoms with van der Waals surface area (Å²) in [5.41, 5.74) is -0.241. The highest BCUT2D eigenvalue weighted by molar-refractivity contribution is 6.00. The molecule has 1 saturated carbocycles. The lowest BCUT2D eigenvalue weighted by molar-refractivity contribution is -0.149. The summed E-state index contributed by atoms with van der Waals surface area (Å²) in [5, 5.41) is 15.6. The summed E-state index contributed by atoms with van der Waals surface area (Å²) < 4.78 is 11.4. The molecule has 3 N–H and O–H groups in total. The Morgan fingerprint density at radius 1 is 1.00 bits per heavy atom. The van der Waals surface area contributed by atoms with E-state index in [-0.39, 0.29) is 74.9 Å². The molecule has 1 aromatic carbocycles. The van der Waals surface area contributed by atoms with Gasteiger partial charge in [-0.15, -0.1) is 0 Å². The number of rotatable bonds is 12. The molecule has 5 amide bonds. The molecule has 270 valence electrons. The minimum absolute atomic E-state index is 0.0931. The lowest BCUT2D eigenvalue weighted by atomic mass is 10.1. The number of carbonyl (C=O) groups is 6. The number of fused-ring (bicyclic) bond motifs is 1. The average Bonchev–Trinajstić information content (AvgIpc) is 3.76. The van der Waals surface area contributed by atoms with Crippen LogP contribution in [0.2, 0.25) is 0 Å². The highest BCUT2D eigenvalue weighted by atomic mass is 16.6. The first-order valence-electron chi connectivity index (χ1n) is 17.2.